The van der Waals surface area contributed by atoms with Gasteiger partial charge in [0.25, 0.3) is 5.91 Å². The predicted octanol–water partition coefficient (Wildman–Crippen LogP) is 4.90. The highest BCUT2D eigenvalue weighted by Gasteiger charge is 2.23. The first kappa shape index (κ1) is 17.3. The number of fused-ring (bicyclic) bond motifs is 2. The van der Waals surface area contributed by atoms with Gasteiger partial charge in [-0.3, -0.25) is 4.79 Å². The zero-order chi connectivity index (χ0) is 19.8. The van der Waals surface area contributed by atoms with E-state index in [2.05, 4.69) is 10.4 Å². The number of nitrogens with one attached hydrogen (secondary N) is 2. The van der Waals surface area contributed by atoms with Crippen molar-refractivity contribution in [3.05, 3.63) is 66.2 Å². The van der Waals surface area contributed by atoms with Crippen LogP contribution in [0.4, 0.5) is 17.1 Å². The van der Waals surface area contributed by atoms with Crippen molar-refractivity contribution in [3.63, 3.8) is 0 Å². The molecule has 0 aliphatic heterocycles. The second kappa shape index (κ2) is 6.55. The third kappa shape index (κ3) is 2.57. The van der Waals surface area contributed by atoms with Crippen molar-refractivity contribution >= 4 is 44.5 Å². The SMILES string of the molecule is N=NC(=O)c1cc(Nc2ccccc2)c2c(O)c3ccccc3c(O)c2c1N. The summed E-state index contributed by atoms with van der Waals surface area (Å²) in [6.45, 7) is 0. The Kier molecular flexibility index (Phi) is 4.04. The van der Waals surface area contributed by atoms with Crippen LogP contribution in [0.3, 0.4) is 0 Å². The Morgan fingerprint density at radius 3 is 2.11 bits per heavy atom. The number of phenolic OH excluding ortho intramolecular Hbond substituents is 2. The molecule has 0 saturated heterocycles. The molecular formula is C21H16N4O3. The molecule has 0 saturated carbocycles. The van der Waals surface area contributed by atoms with E-state index in [0.717, 1.165) is 0 Å². The van der Waals surface area contributed by atoms with Crippen molar-refractivity contribution in [1.82, 2.24) is 0 Å². The Morgan fingerprint density at radius 1 is 0.929 bits per heavy atom. The quantitative estimate of drug-likeness (QED) is 0.151. The Morgan fingerprint density at radius 2 is 1.50 bits per heavy atom. The molecule has 0 aliphatic rings. The van der Waals surface area contributed by atoms with Crippen molar-refractivity contribution in [3.8, 4) is 11.5 Å². The van der Waals surface area contributed by atoms with E-state index in [1.807, 2.05) is 30.3 Å². The maximum absolute atomic E-state index is 12.1. The Bertz CT molecular complexity index is 1250. The third-order valence-electron chi connectivity index (χ3n) is 4.66. The monoisotopic (exact) mass is 372 g/mol. The minimum Gasteiger partial charge on any atom is -0.507 e. The molecule has 28 heavy (non-hydrogen) atoms. The standard InChI is InChI=1S/C21H16N4O3/c22-18-14(21(28)25-23)10-15(24-11-6-2-1-3-7-11)16-17(18)20(27)13-9-5-4-8-12(13)19(16)26/h1-10,23-24,26-27H,22H2. The highest BCUT2D eigenvalue weighted by Crippen LogP contribution is 2.48. The predicted molar refractivity (Wildman–Crippen MR) is 108 cm³/mol. The summed E-state index contributed by atoms with van der Waals surface area (Å²) in [5.41, 5.74) is 14.2. The second-order valence-corrected chi connectivity index (χ2v) is 6.29. The van der Waals surface area contributed by atoms with Crippen LogP contribution in [0.5, 0.6) is 11.5 Å². The first-order valence-corrected chi connectivity index (χ1v) is 8.45. The molecule has 0 fully saturated rings. The summed E-state index contributed by atoms with van der Waals surface area (Å²) in [4.78, 5) is 12.1. The van der Waals surface area contributed by atoms with Crippen LogP contribution in [0.25, 0.3) is 21.5 Å². The summed E-state index contributed by atoms with van der Waals surface area (Å²) in [6.07, 6.45) is 0. The van der Waals surface area contributed by atoms with Gasteiger partial charge in [-0.25, -0.2) is 5.53 Å². The second-order valence-electron chi connectivity index (χ2n) is 6.29. The highest BCUT2D eigenvalue weighted by molar-refractivity contribution is 6.22. The van der Waals surface area contributed by atoms with Crippen LogP contribution >= 0.6 is 0 Å². The molecule has 0 aliphatic carbocycles. The molecule has 0 aromatic heterocycles. The average Bonchev–Trinajstić information content (AvgIpc) is 2.73. The summed E-state index contributed by atoms with van der Waals surface area (Å²) in [5, 5.41) is 29.2. The molecule has 4 aromatic rings. The maximum atomic E-state index is 12.1. The van der Waals surface area contributed by atoms with Gasteiger partial charge in [0, 0.05) is 16.5 Å². The number of carbonyl (C=O) groups excluding carboxylic acids is 1. The number of carbonyl (C=O) groups is 1. The van der Waals surface area contributed by atoms with Crippen molar-refractivity contribution in [2.45, 2.75) is 0 Å². The van der Waals surface area contributed by atoms with Crippen molar-refractivity contribution in [1.29, 1.82) is 5.53 Å². The van der Waals surface area contributed by atoms with Gasteiger partial charge in [-0.05, 0) is 18.2 Å². The molecular weight excluding hydrogens is 356 g/mol. The van der Waals surface area contributed by atoms with Crippen LogP contribution in [-0.2, 0) is 0 Å². The zero-order valence-corrected chi connectivity index (χ0v) is 14.6. The van der Waals surface area contributed by atoms with Gasteiger partial charge in [-0.1, -0.05) is 42.5 Å². The number of benzene rings is 4. The van der Waals surface area contributed by atoms with Gasteiger partial charge in [-0.15, -0.1) is 5.11 Å². The van der Waals surface area contributed by atoms with E-state index >= 15 is 0 Å². The zero-order valence-electron chi connectivity index (χ0n) is 14.6. The summed E-state index contributed by atoms with van der Waals surface area (Å²) in [5.74, 6) is -1.07. The van der Waals surface area contributed by atoms with E-state index in [0.29, 0.717) is 22.1 Å². The lowest BCUT2D eigenvalue weighted by molar-refractivity contribution is 0.0992. The van der Waals surface area contributed by atoms with Gasteiger partial charge < -0.3 is 21.3 Å². The fraction of sp³-hybridized carbons (Fsp3) is 0. The number of anilines is 3. The first-order chi connectivity index (χ1) is 13.5. The van der Waals surface area contributed by atoms with Gasteiger partial charge in [0.2, 0.25) is 0 Å². The molecule has 0 radical (unpaired) electrons. The minimum absolute atomic E-state index is 0.0362. The van der Waals surface area contributed by atoms with Crippen molar-refractivity contribution in [2.24, 2.45) is 5.11 Å². The first-order valence-electron chi connectivity index (χ1n) is 8.45. The molecule has 0 heterocycles. The van der Waals surface area contributed by atoms with Gasteiger partial charge in [0.15, 0.2) is 0 Å². The van der Waals surface area contributed by atoms with E-state index in [-0.39, 0.29) is 33.5 Å². The molecule has 138 valence electrons. The number of nitrogen functional groups attached to an aromatic ring is 1. The molecule has 0 atom stereocenters. The van der Waals surface area contributed by atoms with Crippen molar-refractivity contribution < 1.29 is 15.0 Å². The minimum atomic E-state index is -0.845. The molecule has 7 heteroatoms. The van der Waals surface area contributed by atoms with Gasteiger partial charge in [-0.2, -0.15) is 0 Å². The van der Waals surface area contributed by atoms with E-state index in [1.54, 1.807) is 24.3 Å². The van der Waals surface area contributed by atoms with Crippen LogP contribution in [0.1, 0.15) is 10.4 Å². The number of hydrogen-bond acceptors (Lipinski definition) is 6. The molecule has 1 amide bonds. The van der Waals surface area contributed by atoms with Crippen LogP contribution in [-0.4, -0.2) is 16.1 Å². The van der Waals surface area contributed by atoms with Crippen LogP contribution in [0.15, 0.2) is 65.8 Å². The summed E-state index contributed by atoms with van der Waals surface area (Å²) in [7, 11) is 0. The molecule has 4 aromatic carbocycles. The van der Waals surface area contributed by atoms with Crippen molar-refractivity contribution in [2.75, 3.05) is 11.1 Å². The smallest absolute Gasteiger partial charge is 0.297 e. The highest BCUT2D eigenvalue weighted by atomic mass is 16.3. The number of nitrogens with two attached hydrogens (primary N) is 1. The van der Waals surface area contributed by atoms with Gasteiger partial charge in [0.05, 0.1) is 27.7 Å². The maximum Gasteiger partial charge on any atom is 0.297 e. The summed E-state index contributed by atoms with van der Waals surface area (Å²) < 4.78 is 0. The van der Waals surface area contributed by atoms with E-state index < -0.39 is 5.91 Å². The number of para-hydroxylation sites is 1. The number of phenols is 2. The lowest BCUT2D eigenvalue weighted by Gasteiger charge is -2.18. The summed E-state index contributed by atoms with van der Waals surface area (Å²) >= 11 is 0. The normalized spacial score (nSPS) is 10.9. The van der Waals surface area contributed by atoms with E-state index in [9.17, 15) is 15.0 Å². The number of aromatic hydroxyl groups is 2. The van der Waals surface area contributed by atoms with Gasteiger partial charge >= 0.3 is 0 Å². The third-order valence-corrected chi connectivity index (χ3v) is 4.66. The fourth-order valence-electron chi connectivity index (χ4n) is 3.37. The average molecular weight is 372 g/mol. The molecule has 7 nitrogen and oxygen atoms in total. The molecule has 6 N–H and O–H groups in total. The fourth-order valence-corrected chi connectivity index (χ4v) is 3.37. The lowest BCUT2D eigenvalue weighted by Crippen LogP contribution is -2.04. The lowest BCUT2D eigenvalue weighted by atomic mass is 9.95. The van der Waals surface area contributed by atoms with Crippen LogP contribution in [0.2, 0.25) is 0 Å². The largest absolute Gasteiger partial charge is 0.507 e. The van der Waals surface area contributed by atoms with E-state index in [1.165, 1.54) is 6.07 Å². The Labute approximate surface area is 159 Å². The Balaban J connectivity index is 2.15. The topological polar surface area (TPSA) is 132 Å². The van der Waals surface area contributed by atoms with E-state index in [4.69, 9.17) is 11.3 Å². The number of nitrogens with zero attached hydrogens (tertiary/aromatic N) is 1. The number of hydrogen-bond donors (Lipinski definition) is 5. The van der Waals surface area contributed by atoms with Gasteiger partial charge in [0.1, 0.15) is 11.5 Å². The summed E-state index contributed by atoms with van der Waals surface area (Å²) in [6, 6.07) is 17.4. The number of amides is 1. The number of rotatable bonds is 3. The van der Waals surface area contributed by atoms with Crippen LogP contribution in [0, 0.1) is 5.53 Å². The molecule has 0 spiro atoms. The molecule has 4 rings (SSSR count). The molecule has 0 unspecified atom stereocenters. The van der Waals surface area contributed by atoms with Crippen LogP contribution < -0.4 is 11.1 Å². The Hall–Kier alpha value is -4.13. The molecule has 0 bridgehead atoms.